The zero-order valence-corrected chi connectivity index (χ0v) is 8.14. The highest BCUT2D eigenvalue weighted by atomic mass is 35.5. The number of ether oxygens (including phenoxy) is 1. The van der Waals surface area contributed by atoms with Crippen LogP contribution in [0.4, 0.5) is 0 Å². The Morgan fingerprint density at radius 2 is 2.21 bits per heavy atom. The first-order valence-corrected chi connectivity index (χ1v) is 4.27. The van der Waals surface area contributed by atoms with E-state index in [2.05, 4.69) is 15.1 Å². The molecule has 0 spiro atoms. The Morgan fingerprint density at radius 1 is 1.36 bits per heavy atom. The average molecular weight is 211 g/mol. The van der Waals surface area contributed by atoms with Gasteiger partial charge in [-0.05, 0) is 6.07 Å². The maximum Gasteiger partial charge on any atom is 0.342 e. The zero-order chi connectivity index (χ0) is 9.97. The zero-order valence-electron chi connectivity index (χ0n) is 7.38. The van der Waals surface area contributed by atoms with Crippen molar-refractivity contribution in [1.82, 2.24) is 19.7 Å². The van der Waals surface area contributed by atoms with E-state index in [-0.39, 0.29) is 6.01 Å². The molecule has 0 aliphatic heterocycles. The third-order valence-corrected chi connectivity index (χ3v) is 1.70. The van der Waals surface area contributed by atoms with Gasteiger partial charge in [0.2, 0.25) is 5.88 Å². The van der Waals surface area contributed by atoms with E-state index in [9.17, 15) is 0 Å². The average Bonchev–Trinajstić information content (AvgIpc) is 2.56. The molecule has 0 unspecified atom stereocenters. The third kappa shape index (κ3) is 2.00. The number of nitrogens with zero attached hydrogens (tertiary/aromatic N) is 4. The lowest BCUT2D eigenvalue weighted by Gasteiger charge is -1.98. The van der Waals surface area contributed by atoms with Gasteiger partial charge in [0.25, 0.3) is 0 Å². The lowest BCUT2D eigenvalue weighted by molar-refractivity contribution is 0.422. The molecule has 0 fully saturated rings. The fourth-order valence-electron chi connectivity index (χ4n) is 0.882. The summed E-state index contributed by atoms with van der Waals surface area (Å²) in [6.45, 7) is 0. The Kier molecular flexibility index (Phi) is 2.32. The molecular formula is C8H7ClN4O. The molecule has 2 rings (SSSR count). The van der Waals surface area contributed by atoms with Crippen molar-refractivity contribution >= 4 is 11.6 Å². The van der Waals surface area contributed by atoms with Crippen LogP contribution in [0.3, 0.4) is 0 Å². The Labute approximate surface area is 85.3 Å². The molecule has 0 atom stereocenters. The van der Waals surface area contributed by atoms with E-state index in [1.54, 1.807) is 30.2 Å². The SMILES string of the molecule is Cn1cnc(Oc2ccc(Cl)cn2)n1. The monoisotopic (exact) mass is 210 g/mol. The van der Waals surface area contributed by atoms with Crippen LogP contribution in [-0.2, 0) is 7.05 Å². The highest BCUT2D eigenvalue weighted by molar-refractivity contribution is 6.30. The van der Waals surface area contributed by atoms with Crippen molar-refractivity contribution in [2.75, 3.05) is 0 Å². The number of pyridine rings is 1. The molecule has 0 aliphatic rings. The first-order valence-electron chi connectivity index (χ1n) is 3.89. The lowest BCUT2D eigenvalue weighted by atomic mass is 10.5. The number of hydrogen-bond donors (Lipinski definition) is 0. The van der Waals surface area contributed by atoms with Gasteiger partial charge in [-0.25, -0.2) is 4.98 Å². The summed E-state index contributed by atoms with van der Waals surface area (Å²) in [7, 11) is 1.76. The molecule has 72 valence electrons. The fourth-order valence-corrected chi connectivity index (χ4v) is 0.994. The summed E-state index contributed by atoms with van der Waals surface area (Å²) in [5.41, 5.74) is 0. The van der Waals surface area contributed by atoms with E-state index in [4.69, 9.17) is 16.3 Å². The van der Waals surface area contributed by atoms with Crippen LogP contribution < -0.4 is 4.74 Å². The van der Waals surface area contributed by atoms with Gasteiger partial charge in [0, 0.05) is 19.3 Å². The van der Waals surface area contributed by atoms with Crippen LogP contribution in [0.5, 0.6) is 11.9 Å². The summed E-state index contributed by atoms with van der Waals surface area (Å²) in [6.07, 6.45) is 3.05. The van der Waals surface area contributed by atoms with Gasteiger partial charge in [-0.2, -0.15) is 4.98 Å². The molecule has 2 aromatic heterocycles. The smallest absolute Gasteiger partial charge is 0.342 e. The molecule has 0 saturated heterocycles. The van der Waals surface area contributed by atoms with Gasteiger partial charge in [0.15, 0.2) is 0 Å². The van der Waals surface area contributed by atoms with E-state index >= 15 is 0 Å². The van der Waals surface area contributed by atoms with E-state index in [1.807, 2.05) is 0 Å². The summed E-state index contributed by atoms with van der Waals surface area (Å²) in [5, 5.41) is 4.50. The lowest BCUT2D eigenvalue weighted by Crippen LogP contribution is -1.91. The molecule has 14 heavy (non-hydrogen) atoms. The molecule has 0 radical (unpaired) electrons. The Hall–Kier alpha value is -1.62. The van der Waals surface area contributed by atoms with Crippen molar-refractivity contribution in [2.45, 2.75) is 0 Å². The van der Waals surface area contributed by atoms with Gasteiger partial charge in [0.05, 0.1) is 5.02 Å². The number of rotatable bonds is 2. The van der Waals surface area contributed by atoms with Crippen LogP contribution in [0.1, 0.15) is 0 Å². The molecule has 0 aliphatic carbocycles. The Morgan fingerprint density at radius 3 is 2.79 bits per heavy atom. The molecule has 2 heterocycles. The molecule has 5 nitrogen and oxygen atoms in total. The predicted octanol–water partition coefficient (Wildman–Crippen LogP) is 1.66. The first kappa shape index (κ1) is 8.96. The quantitative estimate of drug-likeness (QED) is 0.757. The summed E-state index contributed by atoms with van der Waals surface area (Å²) < 4.78 is 6.79. The first-order chi connectivity index (χ1) is 6.74. The topological polar surface area (TPSA) is 52.8 Å². The van der Waals surface area contributed by atoms with E-state index in [1.165, 1.54) is 6.20 Å². The number of aromatic nitrogens is 4. The minimum atomic E-state index is 0.266. The Bertz CT molecular complexity index is 425. The van der Waals surface area contributed by atoms with Crippen LogP contribution in [0.25, 0.3) is 0 Å². The summed E-state index contributed by atoms with van der Waals surface area (Å²) in [4.78, 5) is 7.83. The van der Waals surface area contributed by atoms with Gasteiger partial charge in [-0.1, -0.05) is 11.6 Å². The van der Waals surface area contributed by atoms with Crippen molar-refractivity contribution in [3.05, 3.63) is 29.7 Å². The van der Waals surface area contributed by atoms with Crippen molar-refractivity contribution in [2.24, 2.45) is 7.05 Å². The minimum Gasteiger partial charge on any atom is -0.404 e. The van der Waals surface area contributed by atoms with E-state index in [0.717, 1.165) is 0 Å². The largest absolute Gasteiger partial charge is 0.404 e. The maximum atomic E-state index is 5.67. The molecule has 0 aromatic carbocycles. The van der Waals surface area contributed by atoms with Crippen LogP contribution in [0.15, 0.2) is 24.7 Å². The maximum absolute atomic E-state index is 5.67. The summed E-state index contributed by atoms with van der Waals surface area (Å²) in [6, 6.07) is 3.60. The third-order valence-electron chi connectivity index (χ3n) is 1.47. The molecule has 0 amide bonds. The fraction of sp³-hybridized carbons (Fsp3) is 0.125. The normalized spacial score (nSPS) is 10.1. The van der Waals surface area contributed by atoms with Crippen molar-refractivity contribution < 1.29 is 4.74 Å². The molecular weight excluding hydrogens is 204 g/mol. The second-order valence-corrected chi connectivity index (χ2v) is 3.05. The number of hydrogen-bond acceptors (Lipinski definition) is 4. The Balaban J connectivity index is 2.15. The second-order valence-electron chi connectivity index (χ2n) is 2.62. The van der Waals surface area contributed by atoms with Crippen LogP contribution in [0, 0.1) is 0 Å². The van der Waals surface area contributed by atoms with Crippen molar-refractivity contribution in [3.63, 3.8) is 0 Å². The molecule has 6 heteroatoms. The molecule has 0 bridgehead atoms. The molecule has 0 saturated carbocycles. The number of halogens is 1. The van der Waals surface area contributed by atoms with Crippen molar-refractivity contribution in [3.8, 4) is 11.9 Å². The van der Waals surface area contributed by atoms with Crippen molar-refractivity contribution in [1.29, 1.82) is 0 Å². The van der Waals surface area contributed by atoms with Gasteiger partial charge in [0.1, 0.15) is 6.33 Å². The summed E-state index contributed by atoms with van der Waals surface area (Å²) >= 11 is 5.67. The minimum absolute atomic E-state index is 0.266. The van der Waals surface area contributed by atoms with Gasteiger partial charge >= 0.3 is 6.01 Å². The van der Waals surface area contributed by atoms with Gasteiger partial charge in [-0.3, -0.25) is 4.68 Å². The van der Waals surface area contributed by atoms with Gasteiger partial charge < -0.3 is 4.74 Å². The molecule has 2 aromatic rings. The highest BCUT2D eigenvalue weighted by Crippen LogP contribution is 2.15. The van der Waals surface area contributed by atoms with E-state index in [0.29, 0.717) is 10.9 Å². The molecule has 0 N–H and O–H groups in total. The predicted molar refractivity (Wildman–Crippen MR) is 50.3 cm³/mol. The van der Waals surface area contributed by atoms with Crippen LogP contribution in [0.2, 0.25) is 5.02 Å². The number of aryl methyl sites for hydroxylation is 1. The highest BCUT2D eigenvalue weighted by Gasteiger charge is 2.02. The second kappa shape index (κ2) is 3.63. The standard InChI is InChI=1S/C8H7ClN4O/c1-13-5-11-8(12-13)14-7-3-2-6(9)4-10-7/h2-5H,1H3. The van der Waals surface area contributed by atoms with Crippen LogP contribution in [-0.4, -0.2) is 19.7 Å². The van der Waals surface area contributed by atoms with Crippen LogP contribution >= 0.6 is 11.6 Å². The summed E-state index contributed by atoms with van der Waals surface area (Å²) in [5.74, 6) is 0.417. The van der Waals surface area contributed by atoms with E-state index < -0.39 is 0 Å². The van der Waals surface area contributed by atoms with Gasteiger partial charge in [-0.15, -0.1) is 5.10 Å².